The maximum absolute atomic E-state index is 11.6. The van der Waals surface area contributed by atoms with E-state index < -0.39 is 21.0 Å². The molecule has 0 saturated heterocycles. The molecule has 0 atom stereocenters. The van der Waals surface area contributed by atoms with E-state index in [1.807, 2.05) is 0 Å². The van der Waals surface area contributed by atoms with Gasteiger partial charge in [0.1, 0.15) is 4.90 Å². The molecule has 0 spiro atoms. The number of aryl methyl sites for hydroxylation is 1. The lowest BCUT2D eigenvalue weighted by Gasteiger charge is -2.10. The predicted octanol–water partition coefficient (Wildman–Crippen LogP) is 5.09. The molecule has 0 aliphatic rings. The minimum atomic E-state index is -4.55. The number of carboxylic acid groups (broad SMARTS) is 1. The first-order valence-corrected chi connectivity index (χ1v) is 10.6. The van der Waals surface area contributed by atoms with Crippen LogP contribution in [0.25, 0.3) is 0 Å². The van der Waals surface area contributed by atoms with Crippen molar-refractivity contribution < 1.29 is 22.9 Å². The molecule has 0 aromatic heterocycles. The summed E-state index contributed by atoms with van der Waals surface area (Å²) in [7, 11) is -4.55. The van der Waals surface area contributed by atoms with Gasteiger partial charge in [0.25, 0.3) is 10.1 Å². The van der Waals surface area contributed by atoms with Gasteiger partial charge in [-0.1, -0.05) is 76.8 Å². The first-order chi connectivity index (χ1) is 11.9. The number of carbonyl (C=O) groups is 1. The quantitative estimate of drug-likeness (QED) is 0.372. The molecule has 2 N–H and O–H groups in total. The molecule has 1 rings (SSSR count). The summed E-state index contributed by atoms with van der Waals surface area (Å²) in [5.74, 6) is -1.35. The average molecular weight is 371 g/mol. The van der Waals surface area contributed by atoms with Crippen LogP contribution < -0.4 is 0 Å². The summed E-state index contributed by atoms with van der Waals surface area (Å²) in [5.41, 5.74) is 0.00837. The third-order valence-corrected chi connectivity index (χ3v) is 5.38. The second-order valence-corrected chi connectivity index (χ2v) is 7.86. The molecule has 0 bridgehead atoms. The molecule has 5 nitrogen and oxygen atoms in total. The number of aromatic carboxylic acids is 1. The van der Waals surface area contributed by atoms with Crippen LogP contribution >= 0.6 is 0 Å². The number of unbranched alkanes of at least 4 members (excludes halogenated alkanes) is 9. The van der Waals surface area contributed by atoms with Crippen LogP contribution in [0.4, 0.5) is 0 Å². The third kappa shape index (κ3) is 8.01. The Balaban J connectivity index is 2.43. The highest BCUT2D eigenvalue weighted by atomic mass is 32.2. The van der Waals surface area contributed by atoms with Gasteiger partial charge >= 0.3 is 5.97 Å². The molecular weight excluding hydrogens is 340 g/mol. The molecule has 142 valence electrons. The Kier molecular flexibility index (Phi) is 9.75. The van der Waals surface area contributed by atoms with Crippen LogP contribution in [0.15, 0.2) is 23.1 Å². The van der Waals surface area contributed by atoms with Gasteiger partial charge in [-0.25, -0.2) is 4.79 Å². The van der Waals surface area contributed by atoms with Crippen LogP contribution in [0.2, 0.25) is 0 Å². The van der Waals surface area contributed by atoms with Crippen LogP contribution in [0.1, 0.15) is 87.1 Å². The molecule has 0 unspecified atom stereocenters. The summed E-state index contributed by atoms with van der Waals surface area (Å²) in [5, 5.41) is 9.12. The molecule has 0 amide bonds. The fraction of sp³-hybridized carbons (Fsp3) is 0.632. The zero-order valence-electron chi connectivity index (χ0n) is 15.0. The highest BCUT2D eigenvalue weighted by Gasteiger charge is 2.23. The summed E-state index contributed by atoms with van der Waals surface area (Å²) in [4.78, 5) is 10.7. The third-order valence-electron chi connectivity index (χ3n) is 4.38. The van der Waals surface area contributed by atoms with Crippen LogP contribution in [0, 0.1) is 0 Å². The van der Waals surface area contributed by atoms with Crippen LogP contribution in [0.5, 0.6) is 0 Å². The second kappa shape index (κ2) is 11.3. The number of hydrogen-bond acceptors (Lipinski definition) is 3. The number of rotatable bonds is 13. The molecule has 0 aliphatic carbocycles. The van der Waals surface area contributed by atoms with Gasteiger partial charge in [0.15, 0.2) is 0 Å². The van der Waals surface area contributed by atoms with Gasteiger partial charge in [0, 0.05) is 0 Å². The van der Waals surface area contributed by atoms with Crippen LogP contribution in [-0.4, -0.2) is 24.0 Å². The molecule has 0 fully saturated rings. The summed E-state index contributed by atoms with van der Waals surface area (Å²) < 4.78 is 32.5. The number of hydrogen-bond donors (Lipinski definition) is 2. The molecule has 0 heterocycles. The Morgan fingerprint density at radius 2 is 1.44 bits per heavy atom. The fourth-order valence-corrected chi connectivity index (χ4v) is 3.99. The SMILES string of the molecule is CCCCCCCCCCCCc1cccc(C(=O)O)c1S(=O)(=O)O. The summed E-state index contributed by atoms with van der Waals surface area (Å²) >= 11 is 0. The van der Waals surface area contributed by atoms with Gasteiger partial charge < -0.3 is 5.11 Å². The minimum Gasteiger partial charge on any atom is -0.478 e. The number of benzene rings is 1. The standard InChI is InChI=1S/C19H30O5S/c1-2-3-4-5-6-7-8-9-10-11-13-16-14-12-15-17(19(20)21)18(16)25(22,23)24/h12,14-15H,2-11,13H2,1H3,(H,20,21)(H,22,23,24). The lowest BCUT2D eigenvalue weighted by Crippen LogP contribution is -2.11. The lowest BCUT2D eigenvalue weighted by atomic mass is 10.0. The molecule has 1 aromatic rings. The van der Waals surface area contributed by atoms with Crippen LogP contribution in [-0.2, 0) is 16.5 Å². The Morgan fingerprint density at radius 1 is 0.920 bits per heavy atom. The van der Waals surface area contributed by atoms with Crippen molar-refractivity contribution >= 4 is 16.1 Å². The van der Waals surface area contributed by atoms with Gasteiger partial charge in [0.2, 0.25) is 0 Å². The van der Waals surface area contributed by atoms with Crippen LogP contribution in [0.3, 0.4) is 0 Å². The van der Waals surface area contributed by atoms with Gasteiger partial charge in [-0.3, -0.25) is 4.55 Å². The van der Waals surface area contributed by atoms with Gasteiger partial charge in [-0.15, -0.1) is 0 Å². The van der Waals surface area contributed by atoms with Crippen molar-refractivity contribution in [1.29, 1.82) is 0 Å². The molecule has 25 heavy (non-hydrogen) atoms. The Hall–Kier alpha value is -1.40. The van der Waals surface area contributed by atoms with Crippen molar-refractivity contribution in [3.05, 3.63) is 29.3 Å². The Labute approximate surface area is 151 Å². The van der Waals surface area contributed by atoms with Gasteiger partial charge in [0.05, 0.1) is 5.56 Å². The predicted molar refractivity (Wildman–Crippen MR) is 98.8 cm³/mol. The smallest absolute Gasteiger partial charge is 0.337 e. The molecule has 0 saturated carbocycles. The van der Waals surface area contributed by atoms with Crippen molar-refractivity contribution in [3.63, 3.8) is 0 Å². The van der Waals surface area contributed by atoms with Crippen molar-refractivity contribution in [3.8, 4) is 0 Å². The topological polar surface area (TPSA) is 91.7 Å². The zero-order chi connectivity index (χ0) is 18.7. The molecule has 6 heteroatoms. The first kappa shape index (κ1) is 21.6. The van der Waals surface area contributed by atoms with Crippen molar-refractivity contribution in [2.24, 2.45) is 0 Å². The summed E-state index contributed by atoms with van der Waals surface area (Å²) in [6.07, 6.45) is 12.1. The van der Waals surface area contributed by atoms with E-state index in [-0.39, 0.29) is 5.56 Å². The minimum absolute atomic E-state index is 0.368. The van der Waals surface area contributed by atoms with Crippen molar-refractivity contribution in [2.45, 2.75) is 82.4 Å². The molecule has 0 aliphatic heterocycles. The highest BCUT2D eigenvalue weighted by Crippen LogP contribution is 2.23. The molecule has 1 aromatic carbocycles. The van der Waals surface area contributed by atoms with Crippen molar-refractivity contribution in [1.82, 2.24) is 0 Å². The largest absolute Gasteiger partial charge is 0.478 e. The fourth-order valence-electron chi connectivity index (χ4n) is 3.06. The molecule has 0 radical (unpaired) electrons. The maximum atomic E-state index is 11.6. The van der Waals surface area contributed by atoms with E-state index in [1.54, 1.807) is 6.07 Å². The summed E-state index contributed by atoms with van der Waals surface area (Å²) in [6, 6.07) is 4.29. The normalized spacial score (nSPS) is 11.6. The van der Waals surface area contributed by atoms with E-state index in [9.17, 15) is 17.8 Å². The maximum Gasteiger partial charge on any atom is 0.337 e. The van der Waals surface area contributed by atoms with E-state index >= 15 is 0 Å². The second-order valence-electron chi connectivity index (χ2n) is 6.51. The van der Waals surface area contributed by atoms with E-state index in [4.69, 9.17) is 5.11 Å². The van der Waals surface area contributed by atoms with E-state index in [2.05, 4.69) is 6.92 Å². The Morgan fingerprint density at radius 3 is 1.92 bits per heavy atom. The average Bonchev–Trinajstić information content (AvgIpc) is 2.55. The Bertz CT molecular complexity index is 637. The zero-order valence-corrected chi connectivity index (χ0v) is 15.9. The van der Waals surface area contributed by atoms with Gasteiger partial charge in [-0.2, -0.15) is 8.42 Å². The number of carboxylic acids is 1. The van der Waals surface area contributed by atoms with E-state index in [0.29, 0.717) is 12.0 Å². The van der Waals surface area contributed by atoms with E-state index in [1.165, 1.54) is 57.1 Å². The first-order valence-electron chi connectivity index (χ1n) is 9.20. The van der Waals surface area contributed by atoms with Crippen molar-refractivity contribution in [2.75, 3.05) is 0 Å². The van der Waals surface area contributed by atoms with Gasteiger partial charge in [-0.05, 0) is 24.5 Å². The van der Waals surface area contributed by atoms with E-state index in [0.717, 1.165) is 19.3 Å². The lowest BCUT2D eigenvalue weighted by molar-refractivity contribution is 0.0692. The molecular formula is C19H30O5S. The highest BCUT2D eigenvalue weighted by molar-refractivity contribution is 7.86. The summed E-state index contributed by atoms with van der Waals surface area (Å²) in [6.45, 7) is 2.21. The monoisotopic (exact) mass is 370 g/mol.